The first-order valence-corrected chi connectivity index (χ1v) is 6.93. The van der Waals surface area contributed by atoms with E-state index in [9.17, 15) is 0 Å². The fraction of sp³-hybridized carbons (Fsp3) is 0.333. The van der Waals surface area contributed by atoms with Crippen LogP contribution in [0.4, 0.5) is 0 Å². The smallest absolute Gasteiger partial charge is 0.145 e. The molecule has 0 aliphatic carbocycles. The van der Waals surface area contributed by atoms with Crippen LogP contribution < -0.4 is 4.74 Å². The van der Waals surface area contributed by atoms with Gasteiger partial charge in [0, 0.05) is 28.9 Å². The molecule has 0 saturated carbocycles. The van der Waals surface area contributed by atoms with E-state index in [1.165, 1.54) is 0 Å². The van der Waals surface area contributed by atoms with Crippen LogP contribution in [0.15, 0.2) is 29.3 Å². The molecule has 2 rings (SSSR count). The van der Waals surface area contributed by atoms with Crippen molar-refractivity contribution >= 4 is 29.2 Å². The Kier molecular flexibility index (Phi) is 4.43. The highest BCUT2D eigenvalue weighted by atomic mass is 32.1. The zero-order chi connectivity index (χ0) is 13.8. The predicted molar refractivity (Wildman–Crippen MR) is 84.0 cm³/mol. The number of pyridine rings is 1. The van der Waals surface area contributed by atoms with Crippen LogP contribution in [0.1, 0.15) is 18.2 Å². The van der Waals surface area contributed by atoms with Gasteiger partial charge in [-0.1, -0.05) is 6.07 Å². The minimum Gasteiger partial charge on any atom is -0.494 e. The highest BCUT2D eigenvalue weighted by Crippen LogP contribution is 2.27. The summed E-state index contributed by atoms with van der Waals surface area (Å²) in [7, 11) is 1.66. The van der Waals surface area contributed by atoms with Crippen molar-refractivity contribution in [3.63, 3.8) is 0 Å². The quantitative estimate of drug-likeness (QED) is 0.686. The number of thiol groups is 1. The average Bonchev–Trinajstić information content (AvgIpc) is 2.43. The molecule has 0 spiro atoms. The third kappa shape index (κ3) is 2.73. The number of fused-ring (bicyclic) bond motifs is 1. The second kappa shape index (κ2) is 6.06. The van der Waals surface area contributed by atoms with Crippen molar-refractivity contribution in [1.82, 2.24) is 4.98 Å². The zero-order valence-electron chi connectivity index (χ0n) is 11.5. The van der Waals surface area contributed by atoms with E-state index in [4.69, 9.17) is 4.74 Å². The number of hydrogen-bond acceptors (Lipinski definition) is 4. The number of rotatable bonds is 4. The molecule has 0 radical (unpaired) electrons. The summed E-state index contributed by atoms with van der Waals surface area (Å²) in [6.45, 7) is 4.76. The van der Waals surface area contributed by atoms with E-state index < -0.39 is 0 Å². The Hall–Kier alpha value is -1.55. The number of aryl methyl sites for hydroxylation is 1. The van der Waals surface area contributed by atoms with E-state index in [1.54, 1.807) is 7.11 Å². The Bertz CT molecular complexity index is 623. The lowest BCUT2D eigenvalue weighted by atomic mass is 10.0. The number of benzene rings is 1. The molecule has 0 atom stereocenters. The number of aliphatic imine (C=N–C) groups is 1. The third-order valence-electron chi connectivity index (χ3n) is 2.99. The van der Waals surface area contributed by atoms with Crippen LogP contribution in [0.2, 0.25) is 0 Å². The van der Waals surface area contributed by atoms with Gasteiger partial charge in [-0.2, -0.15) is 12.6 Å². The molecule has 0 saturated heterocycles. The average molecular weight is 274 g/mol. The van der Waals surface area contributed by atoms with Crippen molar-refractivity contribution in [2.45, 2.75) is 13.8 Å². The van der Waals surface area contributed by atoms with Gasteiger partial charge < -0.3 is 4.74 Å². The molecule has 19 heavy (non-hydrogen) atoms. The molecule has 0 N–H and O–H groups in total. The summed E-state index contributed by atoms with van der Waals surface area (Å²) >= 11 is 4.37. The van der Waals surface area contributed by atoms with E-state index in [0.717, 1.165) is 40.2 Å². The van der Waals surface area contributed by atoms with Crippen molar-refractivity contribution in [1.29, 1.82) is 0 Å². The van der Waals surface area contributed by atoms with Crippen LogP contribution in [0.3, 0.4) is 0 Å². The summed E-state index contributed by atoms with van der Waals surface area (Å²) in [4.78, 5) is 9.09. The van der Waals surface area contributed by atoms with Gasteiger partial charge in [0.2, 0.25) is 0 Å². The summed E-state index contributed by atoms with van der Waals surface area (Å²) in [5.41, 5.74) is 3.93. The third-order valence-corrected chi connectivity index (χ3v) is 3.29. The van der Waals surface area contributed by atoms with E-state index in [0.29, 0.717) is 5.75 Å². The number of aromatic nitrogens is 1. The first-order valence-electron chi connectivity index (χ1n) is 6.30. The molecular weight excluding hydrogens is 256 g/mol. The van der Waals surface area contributed by atoms with Crippen molar-refractivity contribution in [3.05, 3.63) is 35.5 Å². The van der Waals surface area contributed by atoms with Gasteiger partial charge in [-0.25, -0.2) is 4.98 Å². The second-order valence-electron chi connectivity index (χ2n) is 4.24. The highest BCUT2D eigenvalue weighted by Gasteiger charge is 2.11. The monoisotopic (exact) mass is 274 g/mol. The predicted octanol–water partition coefficient (Wildman–Crippen LogP) is 3.29. The van der Waals surface area contributed by atoms with Gasteiger partial charge in [-0.15, -0.1) is 0 Å². The second-order valence-corrected chi connectivity index (χ2v) is 4.56. The van der Waals surface area contributed by atoms with Gasteiger partial charge in [-0.05, 0) is 32.0 Å². The fourth-order valence-electron chi connectivity index (χ4n) is 2.12. The van der Waals surface area contributed by atoms with Crippen LogP contribution >= 0.6 is 12.6 Å². The lowest BCUT2D eigenvalue weighted by molar-refractivity contribution is 0.419. The van der Waals surface area contributed by atoms with E-state index in [2.05, 4.69) is 28.7 Å². The molecule has 1 aromatic carbocycles. The van der Waals surface area contributed by atoms with Crippen LogP contribution in [0.25, 0.3) is 10.9 Å². The van der Waals surface area contributed by atoms with Crippen LogP contribution in [-0.4, -0.2) is 30.1 Å². The maximum Gasteiger partial charge on any atom is 0.145 e. The molecule has 1 heterocycles. The number of hydrogen-bond donors (Lipinski definition) is 1. The Balaban J connectivity index is 2.73. The lowest BCUT2D eigenvalue weighted by Crippen LogP contribution is -2.05. The minimum absolute atomic E-state index is 0.614. The van der Waals surface area contributed by atoms with Crippen LogP contribution in [-0.2, 0) is 0 Å². The molecule has 0 aliphatic rings. The standard InChI is InChI=1S/C15H18N2OS/c1-4-16-13(9-19)11-7-8-14(18-3)15-12(11)6-5-10(2)17-15/h5-8,19H,4,9H2,1-3H3/b16-13+. The first-order chi connectivity index (χ1) is 9.21. The van der Waals surface area contributed by atoms with Crippen molar-refractivity contribution in [3.8, 4) is 5.75 Å². The summed E-state index contributed by atoms with van der Waals surface area (Å²) in [5, 5.41) is 1.06. The summed E-state index contributed by atoms with van der Waals surface area (Å²) in [6, 6.07) is 8.05. The molecule has 4 heteroatoms. The van der Waals surface area contributed by atoms with Crippen LogP contribution in [0, 0.1) is 6.92 Å². The lowest BCUT2D eigenvalue weighted by Gasteiger charge is -2.11. The molecule has 1 aromatic heterocycles. The van der Waals surface area contributed by atoms with Crippen molar-refractivity contribution in [2.24, 2.45) is 4.99 Å². The molecule has 2 aromatic rings. The molecule has 0 bridgehead atoms. The normalized spacial score (nSPS) is 11.9. The van der Waals surface area contributed by atoms with Gasteiger partial charge in [0.15, 0.2) is 0 Å². The number of methoxy groups -OCH3 is 1. The van der Waals surface area contributed by atoms with Gasteiger partial charge >= 0.3 is 0 Å². The number of ether oxygens (including phenoxy) is 1. The highest BCUT2D eigenvalue weighted by molar-refractivity contribution is 7.81. The SMILES string of the molecule is CC/N=C(\CS)c1ccc(OC)c2nc(C)ccc12. The minimum atomic E-state index is 0.614. The molecule has 0 fully saturated rings. The Morgan fingerprint density at radius 3 is 2.74 bits per heavy atom. The maximum absolute atomic E-state index is 5.39. The topological polar surface area (TPSA) is 34.5 Å². The summed E-state index contributed by atoms with van der Waals surface area (Å²) in [6.07, 6.45) is 0. The van der Waals surface area contributed by atoms with Gasteiger partial charge in [0.05, 0.1) is 12.8 Å². The van der Waals surface area contributed by atoms with E-state index in [-0.39, 0.29) is 0 Å². The van der Waals surface area contributed by atoms with Crippen LogP contribution in [0.5, 0.6) is 5.75 Å². The van der Waals surface area contributed by atoms with E-state index >= 15 is 0 Å². The van der Waals surface area contributed by atoms with E-state index in [1.807, 2.05) is 32.0 Å². The molecular formula is C15H18N2OS. The van der Waals surface area contributed by atoms with Crippen molar-refractivity contribution in [2.75, 3.05) is 19.4 Å². The summed E-state index contributed by atoms with van der Waals surface area (Å²) < 4.78 is 5.39. The molecule has 0 amide bonds. The van der Waals surface area contributed by atoms with Gasteiger partial charge in [0.25, 0.3) is 0 Å². The van der Waals surface area contributed by atoms with Crippen molar-refractivity contribution < 1.29 is 4.74 Å². The Labute approximate surface area is 119 Å². The van der Waals surface area contributed by atoms with Gasteiger partial charge in [-0.3, -0.25) is 4.99 Å². The zero-order valence-corrected chi connectivity index (χ0v) is 12.4. The molecule has 100 valence electrons. The largest absolute Gasteiger partial charge is 0.494 e. The fourth-order valence-corrected chi connectivity index (χ4v) is 2.39. The molecule has 3 nitrogen and oxygen atoms in total. The Morgan fingerprint density at radius 2 is 2.11 bits per heavy atom. The Morgan fingerprint density at radius 1 is 1.32 bits per heavy atom. The maximum atomic E-state index is 5.39. The first kappa shape index (κ1) is 13.9. The summed E-state index contributed by atoms with van der Waals surface area (Å²) in [5.74, 6) is 1.40. The van der Waals surface area contributed by atoms with Gasteiger partial charge in [0.1, 0.15) is 11.3 Å². The molecule has 0 aliphatic heterocycles. The molecule has 0 unspecified atom stereocenters. The number of nitrogens with zero attached hydrogens (tertiary/aromatic N) is 2.